The Bertz CT molecular complexity index is 659. The Morgan fingerprint density at radius 3 is 2.36 bits per heavy atom. The predicted octanol–water partition coefficient (Wildman–Crippen LogP) is 4.23. The third-order valence-electron chi connectivity index (χ3n) is 3.54. The number of ether oxygens (including phenoxy) is 2. The summed E-state index contributed by atoms with van der Waals surface area (Å²) >= 11 is -1.32. The Morgan fingerprint density at radius 1 is 1.21 bits per heavy atom. The standard InChI is InChI=1S/C20H33FN2O4S/c1-13(12-22-18(24)27-19(3,4)5)26-17-10-9-15(21)11-16(17)14(2)23-28(25)20(6,7)8/h9-11,13-14,23H,12H2,1-8H3,(H,22,24)/t13-,14+,28+/m0/s1. The quantitative estimate of drug-likeness (QED) is 0.650. The Labute approximate surface area is 170 Å². The van der Waals surface area contributed by atoms with Crippen molar-refractivity contribution in [2.24, 2.45) is 0 Å². The lowest BCUT2D eigenvalue weighted by Gasteiger charge is -2.28. The molecule has 0 bridgehead atoms. The second kappa shape index (κ2) is 9.80. The maximum atomic E-state index is 13.8. The summed E-state index contributed by atoms with van der Waals surface area (Å²) in [4.78, 5) is 11.8. The molecule has 0 aromatic heterocycles. The topological polar surface area (TPSA) is 82.7 Å². The highest BCUT2D eigenvalue weighted by molar-refractivity contribution is 7.90. The number of alkyl carbamates (subject to hydrolysis) is 1. The molecular weight excluding hydrogens is 383 g/mol. The maximum absolute atomic E-state index is 13.8. The van der Waals surface area contributed by atoms with Crippen LogP contribution in [0, 0.1) is 5.82 Å². The van der Waals surface area contributed by atoms with E-state index >= 15 is 0 Å². The van der Waals surface area contributed by atoms with Crippen LogP contribution in [0.15, 0.2) is 18.2 Å². The van der Waals surface area contributed by atoms with Gasteiger partial charge in [0.15, 0.2) is 0 Å². The van der Waals surface area contributed by atoms with Crippen LogP contribution in [0.2, 0.25) is 0 Å². The highest BCUT2D eigenvalue weighted by Crippen LogP contribution is 2.29. The molecule has 0 saturated carbocycles. The van der Waals surface area contributed by atoms with E-state index in [1.165, 1.54) is 18.2 Å². The molecule has 2 N–H and O–H groups in total. The van der Waals surface area contributed by atoms with E-state index in [4.69, 9.17) is 9.47 Å². The summed E-state index contributed by atoms with van der Waals surface area (Å²) in [5.41, 5.74) is -0.0241. The van der Waals surface area contributed by atoms with Crippen LogP contribution < -0.4 is 14.8 Å². The number of carbonyl (C=O) groups excluding carboxylic acids is 1. The van der Waals surface area contributed by atoms with Crippen molar-refractivity contribution in [3.63, 3.8) is 0 Å². The van der Waals surface area contributed by atoms with Gasteiger partial charge in [-0.1, -0.05) is 0 Å². The van der Waals surface area contributed by atoms with Gasteiger partial charge in [-0.15, -0.1) is 4.72 Å². The van der Waals surface area contributed by atoms with Gasteiger partial charge in [-0.3, -0.25) is 0 Å². The van der Waals surface area contributed by atoms with Crippen LogP contribution in [-0.4, -0.2) is 33.6 Å². The Balaban J connectivity index is 2.79. The van der Waals surface area contributed by atoms with Gasteiger partial charge in [0.1, 0.15) is 28.0 Å². The molecule has 0 aliphatic heterocycles. The molecule has 0 heterocycles. The zero-order chi connectivity index (χ0) is 21.7. The van der Waals surface area contributed by atoms with E-state index in [0.29, 0.717) is 11.3 Å². The van der Waals surface area contributed by atoms with Gasteiger partial charge in [-0.25, -0.2) is 9.18 Å². The smallest absolute Gasteiger partial charge is 0.407 e. The Morgan fingerprint density at radius 2 is 1.82 bits per heavy atom. The van der Waals surface area contributed by atoms with E-state index in [1.54, 1.807) is 34.6 Å². The summed E-state index contributed by atoms with van der Waals surface area (Å²) in [5, 5.41) is 2.65. The predicted molar refractivity (Wildman–Crippen MR) is 110 cm³/mol. The Hall–Kier alpha value is -1.51. The molecule has 1 rings (SSSR count). The average molecular weight is 417 g/mol. The molecule has 3 atom stereocenters. The lowest BCUT2D eigenvalue weighted by Crippen LogP contribution is -2.40. The zero-order valence-electron chi connectivity index (χ0n) is 18.0. The van der Waals surface area contributed by atoms with Crippen LogP contribution in [0.5, 0.6) is 5.75 Å². The molecule has 0 aliphatic carbocycles. The number of amides is 1. The van der Waals surface area contributed by atoms with Gasteiger partial charge in [0.25, 0.3) is 0 Å². The third-order valence-corrected chi connectivity index (χ3v) is 5.22. The first-order valence-electron chi connectivity index (χ1n) is 9.30. The third kappa shape index (κ3) is 8.67. The monoisotopic (exact) mass is 416 g/mol. The number of carbonyl (C=O) groups is 1. The summed E-state index contributed by atoms with van der Waals surface area (Å²) in [6.07, 6.45) is -0.907. The molecule has 1 amide bonds. The number of rotatable bonds is 7. The fourth-order valence-electron chi connectivity index (χ4n) is 2.17. The molecule has 0 aliphatic rings. The minimum atomic E-state index is -1.32. The van der Waals surface area contributed by atoms with Crippen molar-refractivity contribution in [3.05, 3.63) is 29.6 Å². The fraction of sp³-hybridized carbons (Fsp3) is 0.650. The second-order valence-electron chi connectivity index (χ2n) is 8.71. The second-order valence-corrected chi connectivity index (χ2v) is 10.7. The minimum Gasteiger partial charge on any atom is -0.598 e. The zero-order valence-corrected chi connectivity index (χ0v) is 18.8. The van der Waals surface area contributed by atoms with Gasteiger partial charge in [0.2, 0.25) is 0 Å². The molecule has 0 saturated heterocycles. The van der Waals surface area contributed by atoms with Crippen LogP contribution in [0.25, 0.3) is 0 Å². The van der Waals surface area contributed by atoms with E-state index in [2.05, 4.69) is 10.0 Å². The largest absolute Gasteiger partial charge is 0.598 e. The van der Waals surface area contributed by atoms with Crippen molar-refractivity contribution in [3.8, 4) is 5.75 Å². The number of hydrogen-bond donors (Lipinski definition) is 2. The van der Waals surface area contributed by atoms with Crippen LogP contribution in [0.4, 0.5) is 9.18 Å². The van der Waals surface area contributed by atoms with Crippen molar-refractivity contribution in [1.29, 1.82) is 0 Å². The van der Waals surface area contributed by atoms with Gasteiger partial charge >= 0.3 is 6.09 Å². The van der Waals surface area contributed by atoms with Crippen molar-refractivity contribution in [1.82, 2.24) is 10.0 Å². The van der Waals surface area contributed by atoms with Crippen molar-refractivity contribution < 1.29 is 23.2 Å². The first-order valence-corrected chi connectivity index (χ1v) is 10.4. The molecule has 0 spiro atoms. The van der Waals surface area contributed by atoms with E-state index in [0.717, 1.165) is 0 Å². The molecule has 0 unspecified atom stereocenters. The number of benzene rings is 1. The molecule has 160 valence electrons. The average Bonchev–Trinajstić information content (AvgIpc) is 2.52. The minimum absolute atomic E-state index is 0.224. The summed E-state index contributed by atoms with van der Waals surface area (Å²) in [6, 6.07) is 3.81. The molecule has 28 heavy (non-hydrogen) atoms. The van der Waals surface area contributed by atoms with E-state index in [1.807, 2.05) is 20.8 Å². The number of nitrogens with one attached hydrogen (secondary N) is 2. The van der Waals surface area contributed by atoms with Gasteiger partial charge in [0, 0.05) is 16.9 Å². The molecule has 1 aromatic rings. The molecular formula is C20H33FN2O4S. The maximum Gasteiger partial charge on any atom is 0.407 e. The molecule has 0 radical (unpaired) electrons. The normalized spacial score (nSPS) is 15.5. The molecule has 1 aromatic carbocycles. The highest BCUT2D eigenvalue weighted by atomic mass is 32.2. The lowest BCUT2D eigenvalue weighted by molar-refractivity contribution is 0.0504. The van der Waals surface area contributed by atoms with Crippen molar-refractivity contribution in [2.75, 3.05) is 6.54 Å². The molecule has 6 nitrogen and oxygen atoms in total. The summed E-state index contributed by atoms with van der Waals surface area (Å²) in [5.74, 6) is 0.0582. The van der Waals surface area contributed by atoms with Crippen LogP contribution >= 0.6 is 0 Å². The van der Waals surface area contributed by atoms with E-state index in [9.17, 15) is 13.7 Å². The van der Waals surface area contributed by atoms with Gasteiger partial charge in [-0.2, -0.15) is 0 Å². The summed E-state index contributed by atoms with van der Waals surface area (Å²) in [7, 11) is 0. The molecule has 0 fully saturated rings. The SMILES string of the molecule is C[C@@H](CNC(=O)OC(C)(C)C)Oc1ccc(F)cc1[C@@H](C)N[S@+]([O-])C(C)(C)C. The van der Waals surface area contributed by atoms with E-state index < -0.39 is 39.7 Å². The number of halogens is 1. The lowest BCUT2D eigenvalue weighted by atomic mass is 10.1. The van der Waals surface area contributed by atoms with Crippen molar-refractivity contribution >= 4 is 17.5 Å². The van der Waals surface area contributed by atoms with Gasteiger partial charge < -0.3 is 19.3 Å². The van der Waals surface area contributed by atoms with E-state index in [-0.39, 0.29) is 12.6 Å². The Kier molecular flexibility index (Phi) is 8.59. The summed E-state index contributed by atoms with van der Waals surface area (Å²) < 4.78 is 39.8. The fourth-order valence-corrected chi connectivity index (χ4v) is 2.97. The van der Waals surface area contributed by atoms with Crippen LogP contribution in [0.3, 0.4) is 0 Å². The van der Waals surface area contributed by atoms with Crippen LogP contribution in [-0.2, 0) is 16.1 Å². The van der Waals surface area contributed by atoms with Gasteiger partial charge in [-0.05, 0) is 73.6 Å². The first-order chi connectivity index (χ1) is 12.7. The van der Waals surface area contributed by atoms with Crippen LogP contribution in [0.1, 0.15) is 67.0 Å². The first kappa shape index (κ1) is 24.5. The molecule has 8 heteroatoms. The van der Waals surface area contributed by atoms with Gasteiger partial charge in [0.05, 0.1) is 12.6 Å². The van der Waals surface area contributed by atoms with Crippen molar-refractivity contribution in [2.45, 2.75) is 77.9 Å². The highest BCUT2D eigenvalue weighted by Gasteiger charge is 2.29. The number of hydrogen-bond acceptors (Lipinski definition) is 5. The summed E-state index contributed by atoms with van der Waals surface area (Å²) in [6.45, 7) is 14.7.